The molecule has 0 amide bonds. The van der Waals surface area contributed by atoms with Crippen LogP contribution in [0.1, 0.15) is 35.6 Å². The molecular formula is C65H10O2. The molecule has 5 aliphatic rings. The molecule has 28 aromatic carbocycles. The molecule has 0 bridgehead atoms. The molecule has 2 nitrogen and oxygen atoms in total. The Morgan fingerprint density at radius 2 is 0.433 bits per heavy atom. The molecule has 2 atom stereocenters. The first-order chi connectivity index (χ1) is 33.4. The molecule has 0 radical (unpaired) electrons. The molecule has 2 heteroatoms. The molecule has 0 unspecified atom stereocenters. The van der Waals surface area contributed by atoms with Crippen LogP contribution in [0.15, 0.2) is 0 Å². The molecule has 0 N–H and O–H groups in total. The molecule has 0 saturated carbocycles. The first-order valence-corrected chi connectivity index (χ1v) is 25.3. The molecule has 0 aromatic heterocycles. The average Bonchev–Trinajstić information content (AvgIpc) is 4.18. The van der Waals surface area contributed by atoms with E-state index in [2.05, 4.69) is 6.92 Å². The summed E-state index contributed by atoms with van der Waals surface area (Å²) < 4.78 is 15.4. The van der Waals surface area contributed by atoms with E-state index in [1.807, 2.05) is 7.11 Å². The lowest BCUT2D eigenvalue weighted by atomic mass is 9.51. The van der Waals surface area contributed by atoms with Crippen molar-refractivity contribution >= 4 is 291 Å². The molecule has 4 aliphatic carbocycles. The van der Waals surface area contributed by atoms with Crippen LogP contribution >= 0.6 is 0 Å². The maximum atomic E-state index is 8.48. The van der Waals surface area contributed by atoms with E-state index in [1.165, 1.54) is 0 Å². The molecule has 1 heterocycles. The third-order valence-corrected chi connectivity index (χ3v) is 25.1. The fourth-order valence-electron chi connectivity index (χ4n) is 25.3. The van der Waals surface area contributed by atoms with E-state index in [0.717, 1.165) is 6.42 Å². The minimum absolute atomic E-state index is 0.160. The van der Waals surface area contributed by atoms with Crippen molar-refractivity contribution in [2.24, 2.45) is 5.92 Å². The second-order valence-electron chi connectivity index (χ2n) is 25.0. The Bertz CT molecular complexity index is 6860. The first-order valence-electron chi connectivity index (χ1n) is 25.3. The van der Waals surface area contributed by atoms with Gasteiger partial charge in [0.2, 0.25) is 0 Å². The van der Waals surface area contributed by atoms with Gasteiger partial charge in [-0.3, -0.25) is 0 Å². The van der Waals surface area contributed by atoms with Crippen molar-refractivity contribution in [1.82, 2.24) is 0 Å². The maximum Gasteiger partial charge on any atom is 0.163 e. The Balaban J connectivity index is 1.25. The van der Waals surface area contributed by atoms with Gasteiger partial charge in [0.1, 0.15) is 5.60 Å². The Kier molecular flexibility index (Phi) is 2.02. The van der Waals surface area contributed by atoms with Crippen LogP contribution in [0.2, 0.25) is 0 Å². The fraction of sp³-hybridized carbons (Fsp3) is 0.108. The van der Waals surface area contributed by atoms with Crippen molar-refractivity contribution in [3.63, 3.8) is 0 Å². The first kappa shape index (κ1) is 24.8. The van der Waals surface area contributed by atoms with E-state index >= 15 is 0 Å². The molecule has 28 aromatic rings. The van der Waals surface area contributed by atoms with Crippen LogP contribution in [0.25, 0.3) is 291 Å². The quantitative estimate of drug-likeness (QED) is 0.162. The fourth-order valence-corrected chi connectivity index (χ4v) is 25.3. The Morgan fingerprint density at radius 3 is 0.597 bits per heavy atom. The third kappa shape index (κ3) is 1.26. The number of rotatable bonds is 2. The van der Waals surface area contributed by atoms with Gasteiger partial charge in [0, 0.05) is 24.2 Å². The molecule has 67 heavy (non-hydrogen) atoms. The van der Waals surface area contributed by atoms with Crippen LogP contribution in [-0.4, -0.2) is 13.4 Å². The van der Waals surface area contributed by atoms with E-state index in [4.69, 9.17) is 9.47 Å². The SMILES string of the molecule is CC[C@H]1[C@@H](OC)OC23c4c5c6c7c8c9c(c%10c%11c2c2c4c4c%12c5c5c6c6c8c8c%13c9c9c%10c%10c%11c%11c2c2c4c4c%12c%12c5c5c6c8c6c8c%13c9c9c%10c%10c%11c2c2c4c4c%12c5c6c5c8c9c%10c2c45)C713. The zero-order valence-corrected chi connectivity index (χ0v) is 34.7. The minimum Gasteiger partial charge on any atom is -0.355 e. The molecule has 282 valence electrons. The molecule has 1 fully saturated rings. The van der Waals surface area contributed by atoms with Gasteiger partial charge in [-0.25, -0.2) is 0 Å². The number of ether oxygens (including phenoxy) is 2. The highest BCUT2D eigenvalue weighted by molar-refractivity contribution is 6.82. The third-order valence-electron chi connectivity index (χ3n) is 25.1. The summed E-state index contributed by atoms with van der Waals surface area (Å²) >= 11 is 0. The zero-order chi connectivity index (χ0) is 39.8. The van der Waals surface area contributed by atoms with Crippen molar-refractivity contribution in [3.05, 3.63) is 22.3 Å². The van der Waals surface area contributed by atoms with E-state index in [0.29, 0.717) is 0 Å². The number of hydrogen-bond donors (Lipinski definition) is 0. The van der Waals surface area contributed by atoms with Gasteiger partial charge in [-0.15, -0.1) is 0 Å². The van der Waals surface area contributed by atoms with E-state index < -0.39 is 11.0 Å². The van der Waals surface area contributed by atoms with Crippen molar-refractivity contribution in [2.75, 3.05) is 7.11 Å². The van der Waals surface area contributed by atoms with Crippen LogP contribution < -0.4 is 0 Å². The summed E-state index contributed by atoms with van der Waals surface area (Å²) in [6.45, 7) is 2.49. The van der Waals surface area contributed by atoms with Crippen LogP contribution in [0.4, 0.5) is 0 Å². The largest absolute Gasteiger partial charge is 0.355 e. The van der Waals surface area contributed by atoms with Gasteiger partial charge in [0.15, 0.2) is 6.29 Å². The van der Waals surface area contributed by atoms with Crippen molar-refractivity contribution in [2.45, 2.75) is 30.7 Å². The molecule has 1 saturated heterocycles. The van der Waals surface area contributed by atoms with Gasteiger partial charge in [0.05, 0.1) is 5.41 Å². The predicted molar refractivity (Wildman–Crippen MR) is 280 cm³/mol. The monoisotopic (exact) mass is 822 g/mol. The molecule has 33 rings (SSSR count). The number of hydrogen-bond acceptors (Lipinski definition) is 2. The van der Waals surface area contributed by atoms with E-state index in [1.54, 1.807) is 313 Å². The lowest BCUT2D eigenvalue weighted by molar-refractivity contribution is -0.156. The summed E-state index contributed by atoms with van der Waals surface area (Å²) in [5.74, 6) is 0.160. The highest BCUT2D eigenvalue weighted by Gasteiger charge is 2.77. The van der Waals surface area contributed by atoms with Crippen molar-refractivity contribution in [1.29, 1.82) is 0 Å². The summed E-state index contributed by atoms with van der Waals surface area (Å²) in [4.78, 5) is 0. The average molecular weight is 823 g/mol. The summed E-state index contributed by atoms with van der Waals surface area (Å²) in [7, 11) is 1.98. The minimum atomic E-state index is -0.681. The summed E-state index contributed by atoms with van der Waals surface area (Å²) in [6.07, 6.45) is 0.696. The standard InChI is InChI=1S/C65H10O2/c1-3-4-63(66-2)67-65-61-55-49-39-27-19-11-7-5-6-9-13(11)21(27)31-25-17(9)18-10(6)14-12-8(5)16-15(7)23-29(19)37-43-33(23)34-24(16)30-20(12)28-22(14)32-26(18)36-35(25)47(41(31)49)57(61)58-48(36)42(32)50-40(28)46-38(30)44(34)52-51(43)59(53(55)45(37)39)64(4,65)60(52)54(46)56(50)62(58)65/h4,63H,3H2,1-2H3/t4-,63-,64?,65?/m0/s1. The summed E-state index contributed by atoms with van der Waals surface area (Å²) in [5, 5.41) is 88.2. The lowest BCUT2D eigenvalue weighted by Gasteiger charge is -2.50. The van der Waals surface area contributed by atoms with Crippen molar-refractivity contribution < 1.29 is 9.47 Å². The second kappa shape index (κ2) is 5.47. The van der Waals surface area contributed by atoms with Crippen LogP contribution in [0, 0.1) is 5.92 Å². The van der Waals surface area contributed by atoms with E-state index in [-0.39, 0.29) is 12.2 Å². The van der Waals surface area contributed by atoms with Crippen LogP contribution in [0.5, 0.6) is 0 Å². The van der Waals surface area contributed by atoms with Gasteiger partial charge in [-0.05, 0) is 308 Å². The molecule has 1 aliphatic heterocycles. The maximum absolute atomic E-state index is 8.48. The normalized spacial score (nSPS) is 25.3. The highest BCUT2D eigenvalue weighted by atomic mass is 16.7. The van der Waals surface area contributed by atoms with Crippen LogP contribution in [-0.2, 0) is 20.5 Å². The lowest BCUT2D eigenvalue weighted by Crippen LogP contribution is -2.52. The van der Waals surface area contributed by atoms with Gasteiger partial charge in [-0.2, -0.15) is 0 Å². The van der Waals surface area contributed by atoms with Crippen LogP contribution in [0.3, 0.4) is 0 Å². The number of methoxy groups -OCH3 is 1. The van der Waals surface area contributed by atoms with Gasteiger partial charge in [-0.1, -0.05) is 6.92 Å². The Labute approximate surface area is 364 Å². The smallest absolute Gasteiger partial charge is 0.163 e. The molecular weight excluding hydrogens is 813 g/mol. The Morgan fingerprint density at radius 1 is 0.269 bits per heavy atom. The Hall–Kier alpha value is -7.62. The zero-order valence-electron chi connectivity index (χ0n) is 34.7. The second-order valence-corrected chi connectivity index (χ2v) is 25.0. The summed E-state index contributed by atoms with van der Waals surface area (Å²) in [5.41, 5.74) is 5.40. The molecule has 2 spiro atoms. The van der Waals surface area contributed by atoms with Gasteiger partial charge in [0.25, 0.3) is 0 Å². The van der Waals surface area contributed by atoms with Gasteiger partial charge < -0.3 is 9.47 Å². The van der Waals surface area contributed by atoms with Gasteiger partial charge >= 0.3 is 0 Å². The van der Waals surface area contributed by atoms with E-state index in [9.17, 15) is 0 Å². The summed E-state index contributed by atoms with van der Waals surface area (Å²) in [6, 6.07) is 0. The highest BCUT2D eigenvalue weighted by Crippen LogP contribution is 2.86. The van der Waals surface area contributed by atoms with Crippen molar-refractivity contribution in [3.8, 4) is 0 Å². The topological polar surface area (TPSA) is 18.5 Å². The number of benzene rings is 18. The predicted octanol–water partition coefficient (Wildman–Crippen LogP) is 17.3.